The molecule has 1 aliphatic rings. The first kappa shape index (κ1) is 18.4. The molecule has 9 nitrogen and oxygen atoms in total. The van der Waals surface area contributed by atoms with Gasteiger partial charge in [-0.3, -0.25) is 24.6 Å². The first-order chi connectivity index (χ1) is 12.9. The average molecular weight is 386 g/mol. The van der Waals surface area contributed by atoms with Gasteiger partial charge in [0, 0.05) is 23.4 Å². The van der Waals surface area contributed by atoms with Crippen molar-refractivity contribution in [3.8, 4) is 0 Å². The summed E-state index contributed by atoms with van der Waals surface area (Å²) in [5.41, 5.74) is 0.518. The number of imide groups is 1. The number of carbonyl (C=O) groups is 3. The van der Waals surface area contributed by atoms with Crippen molar-refractivity contribution < 1.29 is 24.4 Å². The molecule has 3 rings (SSSR count). The number of hydrogen-bond donors (Lipinski definition) is 1. The zero-order valence-corrected chi connectivity index (χ0v) is 14.5. The highest BCUT2D eigenvalue weighted by Crippen LogP contribution is 2.30. The zero-order chi connectivity index (χ0) is 19.6. The topological polar surface area (TPSA) is 133 Å². The van der Waals surface area contributed by atoms with Crippen molar-refractivity contribution in [1.82, 2.24) is 4.90 Å². The van der Waals surface area contributed by atoms with Crippen molar-refractivity contribution in [3.05, 3.63) is 69.8 Å². The van der Waals surface area contributed by atoms with E-state index in [1.54, 1.807) is 6.07 Å². The fourth-order valence-electron chi connectivity index (χ4n) is 2.51. The Morgan fingerprint density at radius 3 is 2.44 bits per heavy atom. The number of nitro groups is 1. The Bertz CT molecular complexity index is 931. The van der Waals surface area contributed by atoms with Gasteiger partial charge in [-0.2, -0.15) is 0 Å². The molecule has 2 aromatic carbocycles. The number of para-hydroxylation sites is 1. The molecule has 1 N–H and O–H groups in total. The predicted molar refractivity (Wildman–Crippen MR) is 94.8 cm³/mol. The second-order valence-electron chi connectivity index (χ2n) is 5.59. The Kier molecular flexibility index (Phi) is 5.08. The van der Waals surface area contributed by atoms with Crippen molar-refractivity contribution in [2.24, 2.45) is 0 Å². The molecule has 138 valence electrons. The van der Waals surface area contributed by atoms with E-state index in [9.17, 15) is 29.6 Å². The average Bonchev–Trinajstić information content (AvgIpc) is 2.90. The number of rotatable bonds is 6. The molecule has 0 aromatic heterocycles. The van der Waals surface area contributed by atoms with Crippen LogP contribution in [0.15, 0.2) is 48.5 Å². The van der Waals surface area contributed by atoms with Crippen LogP contribution in [0.1, 0.15) is 15.9 Å². The molecule has 1 fully saturated rings. The van der Waals surface area contributed by atoms with Crippen molar-refractivity contribution in [2.75, 3.05) is 5.32 Å². The van der Waals surface area contributed by atoms with Crippen LogP contribution in [0, 0.1) is 10.1 Å². The fourth-order valence-corrected chi connectivity index (χ4v) is 3.41. The molecule has 0 radical (unpaired) electrons. The van der Waals surface area contributed by atoms with Gasteiger partial charge in [-0.25, -0.2) is 0 Å². The molecular weight excluding hydrogens is 374 g/mol. The number of benzene rings is 2. The van der Waals surface area contributed by atoms with Crippen LogP contribution in [0.25, 0.3) is 0 Å². The number of hydrogen-bond acceptors (Lipinski definition) is 8. The molecule has 0 spiro atoms. The van der Waals surface area contributed by atoms with Crippen LogP contribution in [0.2, 0.25) is 0 Å². The van der Waals surface area contributed by atoms with Crippen LogP contribution >= 0.6 is 11.8 Å². The number of carboxylic acids is 1. The minimum absolute atomic E-state index is 0.0387. The Morgan fingerprint density at radius 1 is 1.15 bits per heavy atom. The number of amides is 2. The third-order valence-electron chi connectivity index (χ3n) is 3.85. The van der Waals surface area contributed by atoms with Crippen molar-refractivity contribution in [3.63, 3.8) is 0 Å². The van der Waals surface area contributed by atoms with Crippen LogP contribution in [-0.2, 0) is 11.3 Å². The number of non-ortho nitro benzene ring substituents is 1. The van der Waals surface area contributed by atoms with Crippen LogP contribution in [0.5, 0.6) is 0 Å². The van der Waals surface area contributed by atoms with Gasteiger partial charge in [0.2, 0.25) is 0 Å². The van der Waals surface area contributed by atoms with Gasteiger partial charge in [0.15, 0.2) is 5.37 Å². The second kappa shape index (κ2) is 7.46. The smallest absolute Gasteiger partial charge is 0.291 e. The van der Waals surface area contributed by atoms with Gasteiger partial charge in [0.1, 0.15) is 0 Å². The Hall–Kier alpha value is -3.40. The molecule has 1 saturated heterocycles. The molecule has 1 heterocycles. The van der Waals surface area contributed by atoms with Gasteiger partial charge in [-0.05, 0) is 23.4 Å². The molecule has 2 aromatic rings. The SMILES string of the molecule is O=C([O-])c1ccccc1N[C@H]1SC(=O)N(Cc2ccc([N+](=O)[O-])cc2)C1=O. The maximum atomic E-state index is 12.5. The van der Waals surface area contributed by atoms with Gasteiger partial charge in [-0.15, -0.1) is 0 Å². The monoisotopic (exact) mass is 386 g/mol. The standard InChI is InChI=1S/C17H13N3O6S/c21-15-14(18-13-4-2-1-3-12(13)16(22)23)27-17(24)19(15)9-10-5-7-11(8-6-10)20(25)26/h1-8,14,18H,9H2,(H,22,23)/p-1/t14-/m0/s1. The molecule has 10 heteroatoms. The molecule has 0 saturated carbocycles. The van der Waals surface area contributed by atoms with Gasteiger partial charge in [-0.1, -0.05) is 30.3 Å². The first-order valence-corrected chi connectivity index (χ1v) is 8.57. The second-order valence-corrected chi connectivity index (χ2v) is 6.65. The Morgan fingerprint density at radius 2 is 1.81 bits per heavy atom. The summed E-state index contributed by atoms with van der Waals surface area (Å²) in [7, 11) is 0. The summed E-state index contributed by atoms with van der Waals surface area (Å²) in [5, 5.41) is 23.1. The van der Waals surface area contributed by atoms with Gasteiger partial charge < -0.3 is 15.2 Å². The highest BCUT2D eigenvalue weighted by Gasteiger charge is 2.39. The summed E-state index contributed by atoms with van der Waals surface area (Å²) in [4.78, 5) is 47.0. The van der Waals surface area contributed by atoms with E-state index < -0.39 is 27.4 Å². The summed E-state index contributed by atoms with van der Waals surface area (Å²) in [6, 6.07) is 11.4. The highest BCUT2D eigenvalue weighted by molar-refractivity contribution is 8.15. The summed E-state index contributed by atoms with van der Waals surface area (Å²) in [6.45, 7) is -0.0387. The van der Waals surface area contributed by atoms with Gasteiger partial charge in [0.25, 0.3) is 16.8 Å². The van der Waals surface area contributed by atoms with Crippen molar-refractivity contribution in [1.29, 1.82) is 0 Å². The van der Waals surface area contributed by atoms with Gasteiger partial charge >= 0.3 is 0 Å². The van der Waals surface area contributed by atoms with Crippen molar-refractivity contribution >= 4 is 40.3 Å². The van der Waals surface area contributed by atoms with Crippen molar-refractivity contribution in [2.45, 2.75) is 11.9 Å². The lowest BCUT2D eigenvalue weighted by atomic mass is 10.2. The minimum Gasteiger partial charge on any atom is -0.545 e. The molecule has 1 aliphatic heterocycles. The lowest BCUT2D eigenvalue weighted by Gasteiger charge is -2.17. The highest BCUT2D eigenvalue weighted by atomic mass is 32.2. The van der Waals surface area contributed by atoms with E-state index in [1.165, 1.54) is 42.5 Å². The number of thioether (sulfide) groups is 1. The lowest BCUT2D eigenvalue weighted by Crippen LogP contribution is -2.34. The maximum Gasteiger partial charge on any atom is 0.291 e. The van der Waals surface area contributed by atoms with Crippen LogP contribution in [0.3, 0.4) is 0 Å². The van der Waals surface area contributed by atoms with E-state index in [4.69, 9.17) is 0 Å². The number of nitrogens with zero attached hydrogens (tertiary/aromatic N) is 2. The van der Waals surface area contributed by atoms with E-state index in [2.05, 4.69) is 5.32 Å². The normalized spacial score (nSPS) is 16.4. The summed E-state index contributed by atoms with van der Waals surface area (Å²) < 4.78 is 0. The quantitative estimate of drug-likeness (QED) is 0.584. The van der Waals surface area contributed by atoms with E-state index in [-0.39, 0.29) is 23.5 Å². The van der Waals surface area contributed by atoms with E-state index in [0.29, 0.717) is 5.56 Å². The number of anilines is 1. The molecule has 2 amide bonds. The summed E-state index contributed by atoms with van der Waals surface area (Å²) in [6.07, 6.45) is 0. The zero-order valence-electron chi connectivity index (χ0n) is 13.7. The molecule has 27 heavy (non-hydrogen) atoms. The maximum absolute atomic E-state index is 12.5. The predicted octanol–water partition coefficient (Wildman–Crippen LogP) is 1.59. The number of nitro benzene ring substituents is 1. The van der Waals surface area contributed by atoms with E-state index in [0.717, 1.165) is 16.7 Å². The summed E-state index contributed by atoms with van der Waals surface area (Å²) in [5.74, 6) is -1.93. The van der Waals surface area contributed by atoms with Gasteiger partial charge in [0.05, 0.1) is 17.4 Å². The molecule has 1 atom stereocenters. The number of nitrogens with one attached hydrogen (secondary N) is 1. The number of carbonyl (C=O) groups excluding carboxylic acids is 3. The number of carboxylic acid groups (broad SMARTS) is 1. The minimum atomic E-state index is -1.40. The fraction of sp³-hybridized carbons (Fsp3) is 0.118. The van der Waals surface area contributed by atoms with E-state index in [1.807, 2.05) is 0 Å². The van der Waals surface area contributed by atoms with Crippen LogP contribution in [-0.4, -0.2) is 32.3 Å². The molecule has 0 bridgehead atoms. The largest absolute Gasteiger partial charge is 0.545 e. The third kappa shape index (κ3) is 3.90. The van der Waals surface area contributed by atoms with Crippen LogP contribution < -0.4 is 10.4 Å². The van der Waals surface area contributed by atoms with Crippen LogP contribution in [0.4, 0.5) is 16.2 Å². The number of aromatic carboxylic acids is 1. The summed E-state index contributed by atoms with van der Waals surface area (Å²) >= 11 is 0.729. The van der Waals surface area contributed by atoms with E-state index >= 15 is 0 Å². The lowest BCUT2D eigenvalue weighted by molar-refractivity contribution is -0.384. The molecule has 0 aliphatic carbocycles. The Balaban J connectivity index is 1.73. The molecule has 0 unspecified atom stereocenters. The third-order valence-corrected chi connectivity index (χ3v) is 4.83. The molecular formula is C17H12N3O6S-. The Labute approximate surface area is 157 Å². The first-order valence-electron chi connectivity index (χ1n) is 7.69.